The summed E-state index contributed by atoms with van der Waals surface area (Å²) in [5.74, 6) is -3.73. The lowest BCUT2D eigenvalue weighted by molar-refractivity contribution is -0.174. The minimum atomic E-state index is -5.61. The number of halogens is 1. The average Bonchev–Trinajstić information content (AvgIpc) is 3.26. The molecule has 1 aliphatic heterocycles. The van der Waals surface area contributed by atoms with E-state index in [1.807, 2.05) is 0 Å². The van der Waals surface area contributed by atoms with Gasteiger partial charge in [0.2, 0.25) is 0 Å². The molecule has 7 N–H and O–H groups in total. The predicted molar refractivity (Wildman–Crippen MR) is 105 cm³/mol. The minimum absolute atomic E-state index is 0.0318. The van der Waals surface area contributed by atoms with Gasteiger partial charge in [-0.05, 0) is 6.92 Å². The number of aliphatic hydroxyl groups is 2. The van der Waals surface area contributed by atoms with Crippen molar-refractivity contribution in [3.63, 3.8) is 0 Å². The lowest BCUT2D eigenvalue weighted by Crippen LogP contribution is -2.47. The van der Waals surface area contributed by atoms with Crippen molar-refractivity contribution >= 4 is 36.5 Å². The SMILES string of the molecule is CCOC(=O)[C@@](CC(=O)O)(OC[C@H]1O[C@@H](n2cnc3c(N)nc(F)nc32)[C@H](O)[C@H]1O)P(=O)(O)O. The van der Waals surface area contributed by atoms with E-state index in [0.29, 0.717) is 0 Å². The number of nitrogen functional groups attached to an aromatic ring is 1. The number of carbonyl (C=O) groups is 2. The van der Waals surface area contributed by atoms with Crippen LogP contribution in [0.3, 0.4) is 0 Å². The van der Waals surface area contributed by atoms with Crippen molar-refractivity contribution in [1.82, 2.24) is 19.5 Å². The summed E-state index contributed by atoms with van der Waals surface area (Å²) in [4.78, 5) is 53.8. The zero-order valence-corrected chi connectivity index (χ0v) is 18.3. The Hall–Kier alpha value is -2.79. The number of aliphatic carboxylic acids is 1. The zero-order valence-electron chi connectivity index (χ0n) is 17.4. The number of rotatable bonds is 9. The van der Waals surface area contributed by atoms with Gasteiger partial charge in [0.15, 0.2) is 23.2 Å². The Morgan fingerprint density at radius 2 is 2.00 bits per heavy atom. The molecule has 2 aromatic heterocycles. The Kier molecular flexibility index (Phi) is 7.18. The highest BCUT2D eigenvalue weighted by Gasteiger charge is 2.59. The highest BCUT2D eigenvalue weighted by atomic mass is 31.2. The largest absolute Gasteiger partial charge is 0.481 e. The van der Waals surface area contributed by atoms with Crippen LogP contribution in [0.1, 0.15) is 19.6 Å². The highest BCUT2D eigenvalue weighted by molar-refractivity contribution is 7.54. The van der Waals surface area contributed by atoms with Crippen molar-refractivity contribution in [2.75, 3.05) is 18.9 Å². The van der Waals surface area contributed by atoms with Gasteiger partial charge in [-0.25, -0.2) is 9.78 Å². The van der Waals surface area contributed by atoms with Crippen LogP contribution in [0.15, 0.2) is 6.33 Å². The number of fused-ring (bicyclic) bond motifs is 1. The average molecular weight is 509 g/mol. The van der Waals surface area contributed by atoms with Crippen molar-refractivity contribution in [3.05, 3.63) is 12.4 Å². The fourth-order valence-corrected chi connectivity index (χ4v) is 4.24. The second-order valence-corrected chi connectivity index (χ2v) is 8.99. The van der Waals surface area contributed by atoms with Crippen molar-refractivity contribution in [3.8, 4) is 0 Å². The molecule has 0 aromatic carbocycles. The van der Waals surface area contributed by atoms with Gasteiger partial charge >= 0.3 is 25.6 Å². The smallest absolute Gasteiger partial charge is 0.369 e. The molecule has 5 atom stereocenters. The van der Waals surface area contributed by atoms with Crippen molar-refractivity contribution < 1.29 is 57.9 Å². The van der Waals surface area contributed by atoms with Crippen LogP contribution < -0.4 is 5.73 Å². The maximum Gasteiger partial charge on any atom is 0.369 e. The first kappa shape index (κ1) is 25.8. The lowest BCUT2D eigenvalue weighted by atomic mass is 10.1. The van der Waals surface area contributed by atoms with Gasteiger partial charge < -0.3 is 45.1 Å². The Morgan fingerprint density at radius 1 is 1.32 bits per heavy atom. The zero-order chi connectivity index (χ0) is 25.4. The fraction of sp³-hybridized carbons (Fsp3) is 0.562. The van der Waals surface area contributed by atoms with Gasteiger partial charge in [-0.3, -0.25) is 13.9 Å². The lowest BCUT2D eigenvalue weighted by Gasteiger charge is -2.31. The quantitative estimate of drug-likeness (QED) is 0.123. The van der Waals surface area contributed by atoms with Crippen LogP contribution in [0.25, 0.3) is 11.2 Å². The van der Waals surface area contributed by atoms with E-state index >= 15 is 0 Å². The van der Waals surface area contributed by atoms with Crippen LogP contribution in [-0.4, -0.2) is 93.4 Å². The number of nitrogens with zero attached hydrogens (tertiary/aromatic N) is 4. The minimum Gasteiger partial charge on any atom is -0.481 e. The topological polar surface area (TPSA) is 250 Å². The monoisotopic (exact) mass is 509 g/mol. The molecule has 1 fully saturated rings. The van der Waals surface area contributed by atoms with Gasteiger partial charge in [0.1, 0.15) is 18.3 Å². The van der Waals surface area contributed by atoms with Crippen molar-refractivity contribution in [2.45, 2.75) is 43.2 Å². The molecule has 34 heavy (non-hydrogen) atoms. The normalized spacial score (nSPS) is 24.8. The first-order valence-corrected chi connectivity index (χ1v) is 11.2. The third-order valence-corrected chi connectivity index (χ3v) is 6.39. The number of imidazole rings is 1. The molecule has 0 bridgehead atoms. The van der Waals surface area contributed by atoms with Gasteiger partial charge in [0, 0.05) is 0 Å². The summed E-state index contributed by atoms with van der Waals surface area (Å²) in [6.45, 7) is 0.0225. The fourth-order valence-electron chi connectivity index (χ4n) is 3.35. The molecule has 188 valence electrons. The molecule has 0 aliphatic carbocycles. The van der Waals surface area contributed by atoms with Gasteiger partial charge in [-0.15, -0.1) is 0 Å². The van der Waals surface area contributed by atoms with E-state index < -0.39 is 68.5 Å². The number of carboxylic acids is 1. The first-order chi connectivity index (χ1) is 15.8. The summed E-state index contributed by atoms with van der Waals surface area (Å²) in [5, 5.41) is 26.7. The van der Waals surface area contributed by atoms with Crippen molar-refractivity contribution in [1.29, 1.82) is 0 Å². The maximum atomic E-state index is 13.6. The number of carbonyl (C=O) groups excluding carboxylic acids is 1. The molecule has 0 unspecified atom stereocenters. The molecule has 0 saturated carbocycles. The third kappa shape index (κ3) is 4.58. The number of esters is 1. The summed E-state index contributed by atoms with van der Waals surface area (Å²) in [5.41, 5.74) is 5.36. The molecule has 0 amide bonds. The summed E-state index contributed by atoms with van der Waals surface area (Å²) >= 11 is 0. The van der Waals surface area contributed by atoms with Crippen molar-refractivity contribution in [2.24, 2.45) is 0 Å². The van der Waals surface area contributed by atoms with Crippen LogP contribution >= 0.6 is 7.60 Å². The van der Waals surface area contributed by atoms with E-state index in [9.17, 15) is 38.5 Å². The Bertz CT molecular complexity index is 1140. The standard InChI is InChI=1S/C16H21FN5O11P/c1-2-31-14(27)16(3-7(23)24,34(28,29)30)32-4-6-9(25)10(26)13(33-6)22-5-19-8-11(18)20-15(17)21-12(8)22/h5-6,9-10,13,25-26H,2-4H2,1H3,(H,23,24)(H2,18,20,21)(H2,28,29,30)/t6-,9+,10-,13-,16+/m1/s1. The van der Waals surface area contributed by atoms with Crippen LogP contribution in [0.5, 0.6) is 0 Å². The number of hydrogen-bond acceptors (Lipinski definition) is 12. The molecule has 2 aromatic rings. The molecule has 0 radical (unpaired) electrons. The third-order valence-electron chi connectivity index (χ3n) is 4.97. The van der Waals surface area contributed by atoms with Gasteiger partial charge in [0.05, 0.1) is 26.0 Å². The molecular weight excluding hydrogens is 488 g/mol. The van der Waals surface area contributed by atoms with E-state index in [0.717, 1.165) is 10.9 Å². The van der Waals surface area contributed by atoms with Crippen LogP contribution in [-0.2, 0) is 28.4 Å². The summed E-state index contributed by atoms with van der Waals surface area (Å²) in [6.07, 6.45) is -8.04. The molecule has 3 rings (SSSR count). The highest BCUT2D eigenvalue weighted by Crippen LogP contribution is 2.54. The van der Waals surface area contributed by atoms with E-state index in [-0.39, 0.29) is 23.6 Å². The summed E-state index contributed by atoms with van der Waals surface area (Å²) in [6, 6.07) is 0. The van der Waals surface area contributed by atoms with Crippen LogP contribution in [0.2, 0.25) is 0 Å². The number of aromatic nitrogens is 4. The predicted octanol–water partition coefficient (Wildman–Crippen LogP) is -1.90. The Balaban J connectivity index is 1.89. The van der Waals surface area contributed by atoms with Crippen LogP contribution in [0, 0.1) is 6.08 Å². The molecule has 1 saturated heterocycles. The van der Waals surface area contributed by atoms with E-state index in [2.05, 4.69) is 19.7 Å². The molecule has 18 heteroatoms. The van der Waals surface area contributed by atoms with Gasteiger partial charge in [0.25, 0.3) is 5.34 Å². The molecule has 3 heterocycles. The number of hydrogen-bond donors (Lipinski definition) is 6. The number of aliphatic hydroxyl groups excluding tert-OH is 2. The number of nitrogens with two attached hydrogens (primary N) is 1. The maximum absolute atomic E-state index is 13.6. The Morgan fingerprint density at radius 3 is 2.59 bits per heavy atom. The number of ether oxygens (including phenoxy) is 3. The second-order valence-electron chi connectivity index (χ2n) is 7.18. The van der Waals surface area contributed by atoms with E-state index in [4.69, 9.17) is 20.3 Å². The summed E-state index contributed by atoms with van der Waals surface area (Å²) in [7, 11) is -5.61. The van der Waals surface area contributed by atoms with E-state index in [1.54, 1.807) is 0 Å². The molecule has 16 nitrogen and oxygen atoms in total. The van der Waals surface area contributed by atoms with Crippen LogP contribution in [0.4, 0.5) is 10.2 Å². The first-order valence-electron chi connectivity index (χ1n) is 9.58. The molecule has 1 aliphatic rings. The number of anilines is 1. The molecular formula is C16H21FN5O11P. The van der Waals surface area contributed by atoms with E-state index in [1.165, 1.54) is 6.92 Å². The Labute approximate surface area is 189 Å². The molecule has 0 spiro atoms. The van der Waals surface area contributed by atoms with Gasteiger partial charge in [-0.2, -0.15) is 14.4 Å². The second kappa shape index (κ2) is 9.46. The summed E-state index contributed by atoms with van der Waals surface area (Å²) < 4.78 is 41.9. The van der Waals surface area contributed by atoms with Gasteiger partial charge in [-0.1, -0.05) is 0 Å². The number of carboxylic acid groups (broad SMARTS) is 1.